The van der Waals surface area contributed by atoms with Crippen molar-refractivity contribution in [3.8, 4) is 11.5 Å². The summed E-state index contributed by atoms with van der Waals surface area (Å²) in [5.41, 5.74) is 6.97. The van der Waals surface area contributed by atoms with Crippen molar-refractivity contribution in [1.82, 2.24) is 0 Å². The highest BCUT2D eigenvalue weighted by molar-refractivity contribution is 6.01. The number of nitrogens with two attached hydrogens (primary N) is 1. The van der Waals surface area contributed by atoms with Crippen LogP contribution in [0.15, 0.2) is 41.0 Å². The van der Waals surface area contributed by atoms with Gasteiger partial charge in [0.15, 0.2) is 5.78 Å². The van der Waals surface area contributed by atoms with Gasteiger partial charge in [0.2, 0.25) is 5.88 Å². The van der Waals surface area contributed by atoms with E-state index in [1.807, 2.05) is 0 Å². The lowest BCUT2D eigenvalue weighted by atomic mass is 9.80. The Bertz CT molecular complexity index is 793. The number of ketones is 1. The molecule has 1 atom stereocenters. The molecule has 0 radical (unpaired) electrons. The lowest BCUT2D eigenvalue weighted by molar-refractivity contribution is -0.139. The van der Waals surface area contributed by atoms with Crippen molar-refractivity contribution in [2.45, 2.75) is 26.7 Å². The summed E-state index contributed by atoms with van der Waals surface area (Å²) in [5.74, 6) is -0.352. The molecule has 0 aliphatic carbocycles. The first-order valence-corrected chi connectivity index (χ1v) is 8.13. The van der Waals surface area contributed by atoms with E-state index in [4.69, 9.17) is 24.7 Å². The third-order valence-electron chi connectivity index (χ3n) is 4.11. The maximum atomic E-state index is 12.6. The minimum absolute atomic E-state index is 0.0751. The molecule has 0 fully saturated rings. The van der Waals surface area contributed by atoms with Crippen molar-refractivity contribution in [2.24, 2.45) is 5.73 Å². The van der Waals surface area contributed by atoms with E-state index in [0.717, 1.165) is 0 Å². The summed E-state index contributed by atoms with van der Waals surface area (Å²) in [5, 5.41) is 0. The van der Waals surface area contributed by atoms with Crippen LogP contribution in [0, 0.1) is 0 Å². The minimum atomic E-state index is -0.763. The van der Waals surface area contributed by atoms with E-state index in [0.29, 0.717) is 28.4 Å². The number of allylic oxidation sites excluding steroid dienone is 2. The van der Waals surface area contributed by atoms with Gasteiger partial charge in [0.05, 0.1) is 26.7 Å². The maximum Gasteiger partial charge on any atom is 0.340 e. The smallest absolute Gasteiger partial charge is 0.340 e. The molecule has 0 bridgehead atoms. The van der Waals surface area contributed by atoms with Gasteiger partial charge >= 0.3 is 5.97 Å². The molecule has 140 valence electrons. The highest BCUT2D eigenvalue weighted by Gasteiger charge is 2.39. The molecule has 1 aromatic rings. The summed E-state index contributed by atoms with van der Waals surface area (Å²) in [6.07, 6.45) is 0. The minimum Gasteiger partial charge on any atom is -0.497 e. The largest absolute Gasteiger partial charge is 0.497 e. The molecule has 7 nitrogen and oxygen atoms in total. The van der Waals surface area contributed by atoms with Crippen LogP contribution in [0.1, 0.15) is 32.3 Å². The molecule has 0 amide bonds. The Balaban J connectivity index is 2.73. The molecule has 1 aliphatic heterocycles. The van der Waals surface area contributed by atoms with Gasteiger partial charge in [-0.05, 0) is 26.8 Å². The van der Waals surface area contributed by atoms with Gasteiger partial charge in [-0.15, -0.1) is 0 Å². The zero-order valence-corrected chi connectivity index (χ0v) is 15.5. The Morgan fingerprint density at radius 2 is 1.88 bits per heavy atom. The van der Waals surface area contributed by atoms with Crippen molar-refractivity contribution in [3.63, 3.8) is 0 Å². The molecule has 1 heterocycles. The highest BCUT2D eigenvalue weighted by Crippen LogP contribution is 2.44. The zero-order valence-electron chi connectivity index (χ0n) is 15.5. The number of benzene rings is 1. The molecule has 2 N–H and O–H groups in total. The van der Waals surface area contributed by atoms with E-state index in [2.05, 4.69) is 0 Å². The van der Waals surface area contributed by atoms with Crippen LogP contribution in [0.5, 0.6) is 11.5 Å². The number of esters is 1. The van der Waals surface area contributed by atoms with Gasteiger partial charge in [0.1, 0.15) is 22.8 Å². The fourth-order valence-electron chi connectivity index (χ4n) is 3.01. The number of Topliss-reactive ketones (excluding diaryl/α,β-unsaturated/α-hetero) is 1. The second kappa shape index (κ2) is 7.95. The zero-order chi connectivity index (χ0) is 19.4. The summed E-state index contributed by atoms with van der Waals surface area (Å²) in [6.45, 7) is 4.90. The third kappa shape index (κ3) is 3.51. The Labute approximate surface area is 152 Å². The van der Waals surface area contributed by atoms with Crippen LogP contribution in [-0.2, 0) is 19.1 Å². The number of methoxy groups -OCH3 is 2. The summed E-state index contributed by atoms with van der Waals surface area (Å²) in [7, 11) is 3.04. The van der Waals surface area contributed by atoms with E-state index in [1.165, 1.54) is 21.1 Å². The van der Waals surface area contributed by atoms with Crippen LogP contribution in [0.4, 0.5) is 0 Å². The molecule has 0 unspecified atom stereocenters. The van der Waals surface area contributed by atoms with E-state index < -0.39 is 11.9 Å². The summed E-state index contributed by atoms with van der Waals surface area (Å²) in [6, 6.07) is 5.13. The van der Waals surface area contributed by atoms with Crippen molar-refractivity contribution in [1.29, 1.82) is 0 Å². The standard InChI is InChI=1S/C19H23NO6/c1-6-25-19(22)17-16(15(10(2)21)11(3)26-18(17)20)13-8-7-12(23-4)9-14(13)24-5/h7-9,16H,6,20H2,1-5H3/t16-/m0/s1. The maximum absolute atomic E-state index is 12.6. The number of hydrogen-bond acceptors (Lipinski definition) is 7. The number of carbonyl (C=O) groups excluding carboxylic acids is 2. The van der Waals surface area contributed by atoms with Crippen molar-refractivity contribution in [3.05, 3.63) is 46.6 Å². The predicted octanol–water partition coefficient (Wildman–Crippen LogP) is 2.41. The van der Waals surface area contributed by atoms with Crippen molar-refractivity contribution in [2.75, 3.05) is 20.8 Å². The van der Waals surface area contributed by atoms with Crippen LogP contribution < -0.4 is 15.2 Å². The molecule has 0 saturated heterocycles. The van der Waals surface area contributed by atoms with Gasteiger partial charge in [0.25, 0.3) is 0 Å². The van der Waals surface area contributed by atoms with Gasteiger partial charge < -0.3 is 24.7 Å². The Kier molecular flexibility index (Phi) is 5.92. The lowest BCUT2D eigenvalue weighted by Crippen LogP contribution is -2.29. The van der Waals surface area contributed by atoms with Crippen LogP contribution in [0.2, 0.25) is 0 Å². The number of rotatable bonds is 6. The van der Waals surface area contributed by atoms with Crippen LogP contribution >= 0.6 is 0 Å². The summed E-state index contributed by atoms with van der Waals surface area (Å²) in [4.78, 5) is 24.9. The number of ether oxygens (including phenoxy) is 4. The van der Waals surface area contributed by atoms with E-state index in [1.54, 1.807) is 32.0 Å². The molecule has 0 aromatic heterocycles. The SMILES string of the molecule is CCOC(=O)C1=C(N)OC(C)=C(C(C)=O)[C@@H]1c1ccc(OC)cc1OC. The Morgan fingerprint density at radius 1 is 1.19 bits per heavy atom. The Hall–Kier alpha value is -2.96. The van der Waals surface area contributed by atoms with E-state index in [-0.39, 0.29) is 23.8 Å². The Morgan fingerprint density at radius 3 is 2.42 bits per heavy atom. The molecule has 26 heavy (non-hydrogen) atoms. The normalized spacial score (nSPS) is 16.9. The fourth-order valence-corrected chi connectivity index (χ4v) is 3.01. The first kappa shape index (κ1) is 19.4. The van der Waals surface area contributed by atoms with Gasteiger partial charge in [0, 0.05) is 17.2 Å². The average molecular weight is 361 g/mol. The van der Waals surface area contributed by atoms with Gasteiger partial charge in [-0.25, -0.2) is 4.79 Å². The average Bonchev–Trinajstić information content (AvgIpc) is 2.60. The van der Waals surface area contributed by atoms with Gasteiger partial charge in [-0.1, -0.05) is 6.07 Å². The lowest BCUT2D eigenvalue weighted by Gasteiger charge is -2.29. The van der Waals surface area contributed by atoms with Crippen LogP contribution in [-0.4, -0.2) is 32.6 Å². The molecular weight excluding hydrogens is 338 g/mol. The van der Waals surface area contributed by atoms with Gasteiger partial charge in [-0.3, -0.25) is 4.79 Å². The molecular formula is C19H23NO6. The second-order valence-corrected chi connectivity index (χ2v) is 5.67. The highest BCUT2D eigenvalue weighted by atomic mass is 16.5. The van der Waals surface area contributed by atoms with E-state index >= 15 is 0 Å². The topological polar surface area (TPSA) is 97.1 Å². The molecule has 7 heteroatoms. The second-order valence-electron chi connectivity index (χ2n) is 5.67. The van der Waals surface area contributed by atoms with Crippen molar-refractivity contribution >= 4 is 11.8 Å². The fraction of sp³-hybridized carbons (Fsp3) is 0.368. The molecule has 1 aliphatic rings. The molecule has 1 aromatic carbocycles. The monoisotopic (exact) mass is 361 g/mol. The van der Waals surface area contributed by atoms with Crippen LogP contribution in [0.25, 0.3) is 0 Å². The summed E-state index contributed by atoms with van der Waals surface area (Å²) < 4.78 is 21.3. The predicted molar refractivity (Wildman–Crippen MR) is 94.6 cm³/mol. The molecule has 2 rings (SSSR count). The number of carbonyl (C=O) groups is 2. The quantitative estimate of drug-likeness (QED) is 0.777. The van der Waals surface area contributed by atoms with Crippen molar-refractivity contribution < 1.29 is 28.5 Å². The molecule has 0 spiro atoms. The number of hydrogen-bond donors (Lipinski definition) is 1. The third-order valence-corrected chi connectivity index (χ3v) is 4.11. The first-order valence-electron chi connectivity index (χ1n) is 8.13. The van der Waals surface area contributed by atoms with Gasteiger partial charge in [-0.2, -0.15) is 0 Å². The summed E-state index contributed by atoms with van der Waals surface area (Å²) >= 11 is 0. The molecule has 0 saturated carbocycles. The van der Waals surface area contributed by atoms with Crippen LogP contribution in [0.3, 0.4) is 0 Å². The first-order chi connectivity index (χ1) is 12.3. The van der Waals surface area contributed by atoms with E-state index in [9.17, 15) is 9.59 Å².